The Hall–Kier alpha value is -4.82. The quantitative estimate of drug-likeness (QED) is 0.153. The van der Waals surface area contributed by atoms with Crippen LogP contribution in [0.2, 0.25) is 5.02 Å². The van der Waals surface area contributed by atoms with E-state index in [1.165, 1.54) is 0 Å². The Bertz CT molecular complexity index is 1670. The maximum atomic E-state index is 14.1. The number of alkyl carbamates (subject to hydrolysis) is 1. The van der Waals surface area contributed by atoms with Crippen LogP contribution in [0.4, 0.5) is 10.5 Å². The standard InChI is InChI=1S/C38H41ClN2O6/c1-6-45-35(42)16-11-23-41(36(43)29-19-17-28(18-20-29)27-12-8-7-9-13-27)33-22-21-31(39)25-34(33)46-32-15-10-14-30(24-32)26(2)40-37(44)47-38(3,4)5/h7-10,12-15,17-22,24-26H,6,11,16,23H2,1-5H3,(H,40,44)/t26-/m1/s1. The Balaban J connectivity index is 1.62. The van der Waals surface area contributed by atoms with Crippen LogP contribution in [-0.2, 0) is 14.3 Å². The highest BCUT2D eigenvalue weighted by Crippen LogP contribution is 2.37. The number of carbonyl (C=O) groups excluding carboxylic acids is 3. The largest absolute Gasteiger partial charge is 0.466 e. The number of nitrogens with zero attached hydrogens (tertiary/aromatic N) is 1. The van der Waals surface area contributed by atoms with Gasteiger partial charge in [0.15, 0.2) is 5.75 Å². The van der Waals surface area contributed by atoms with Crippen molar-refractivity contribution in [2.24, 2.45) is 0 Å². The van der Waals surface area contributed by atoms with Crippen LogP contribution in [0.5, 0.6) is 11.5 Å². The lowest BCUT2D eigenvalue weighted by molar-refractivity contribution is -0.143. The highest BCUT2D eigenvalue weighted by Gasteiger charge is 2.23. The first-order valence-electron chi connectivity index (χ1n) is 15.6. The van der Waals surface area contributed by atoms with Crippen molar-refractivity contribution in [3.8, 4) is 22.6 Å². The van der Waals surface area contributed by atoms with E-state index in [0.29, 0.717) is 34.2 Å². The summed E-state index contributed by atoms with van der Waals surface area (Å²) >= 11 is 6.43. The van der Waals surface area contributed by atoms with Gasteiger partial charge in [-0.15, -0.1) is 0 Å². The third kappa shape index (κ3) is 10.3. The summed E-state index contributed by atoms with van der Waals surface area (Å²) in [5.41, 5.74) is 3.16. The number of anilines is 1. The molecule has 0 aromatic heterocycles. The molecule has 1 atom stereocenters. The van der Waals surface area contributed by atoms with Crippen LogP contribution in [0.25, 0.3) is 11.1 Å². The normalized spacial score (nSPS) is 11.7. The fourth-order valence-corrected chi connectivity index (χ4v) is 5.03. The van der Waals surface area contributed by atoms with E-state index in [2.05, 4.69) is 5.32 Å². The third-order valence-electron chi connectivity index (χ3n) is 7.08. The van der Waals surface area contributed by atoms with E-state index in [-0.39, 0.29) is 37.5 Å². The molecule has 0 fully saturated rings. The van der Waals surface area contributed by atoms with E-state index in [1.54, 1.807) is 69.0 Å². The molecule has 0 aliphatic heterocycles. The lowest BCUT2D eigenvalue weighted by Crippen LogP contribution is -2.34. The van der Waals surface area contributed by atoms with Crippen LogP contribution >= 0.6 is 11.6 Å². The maximum absolute atomic E-state index is 14.1. The van der Waals surface area contributed by atoms with Gasteiger partial charge in [-0.05, 0) is 94.1 Å². The SMILES string of the molecule is CCOC(=O)CCCN(C(=O)c1ccc(-c2ccccc2)cc1)c1ccc(Cl)cc1Oc1cccc([C@@H](C)NC(=O)OC(C)(C)C)c1. The number of hydrogen-bond donors (Lipinski definition) is 1. The monoisotopic (exact) mass is 656 g/mol. The molecule has 246 valence electrons. The molecule has 0 unspecified atom stereocenters. The van der Waals surface area contributed by atoms with Gasteiger partial charge >= 0.3 is 12.1 Å². The summed E-state index contributed by atoms with van der Waals surface area (Å²) in [5, 5.41) is 3.26. The molecule has 0 aliphatic carbocycles. The molecule has 0 spiro atoms. The van der Waals surface area contributed by atoms with Gasteiger partial charge in [-0.2, -0.15) is 0 Å². The van der Waals surface area contributed by atoms with Crippen LogP contribution in [0, 0.1) is 0 Å². The van der Waals surface area contributed by atoms with Crippen LogP contribution < -0.4 is 15.0 Å². The zero-order valence-electron chi connectivity index (χ0n) is 27.4. The second-order valence-electron chi connectivity index (χ2n) is 12.0. The number of ether oxygens (including phenoxy) is 3. The van der Waals surface area contributed by atoms with Crippen LogP contribution in [0.1, 0.15) is 69.4 Å². The van der Waals surface area contributed by atoms with E-state index in [1.807, 2.05) is 67.6 Å². The van der Waals surface area contributed by atoms with E-state index >= 15 is 0 Å². The molecule has 0 bridgehead atoms. The fourth-order valence-electron chi connectivity index (χ4n) is 4.87. The highest BCUT2D eigenvalue weighted by molar-refractivity contribution is 6.30. The van der Waals surface area contributed by atoms with Crippen molar-refractivity contribution in [1.82, 2.24) is 5.32 Å². The van der Waals surface area contributed by atoms with Gasteiger partial charge in [-0.3, -0.25) is 9.59 Å². The van der Waals surface area contributed by atoms with Crippen molar-refractivity contribution in [3.05, 3.63) is 113 Å². The lowest BCUT2D eigenvalue weighted by atomic mass is 10.0. The smallest absolute Gasteiger partial charge is 0.408 e. The number of nitrogens with one attached hydrogen (secondary N) is 1. The highest BCUT2D eigenvalue weighted by atomic mass is 35.5. The summed E-state index contributed by atoms with van der Waals surface area (Å²) in [6, 6.07) is 29.3. The molecular weight excluding hydrogens is 616 g/mol. The van der Waals surface area contributed by atoms with Gasteiger partial charge in [0.2, 0.25) is 0 Å². The van der Waals surface area contributed by atoms with Gasteiger partial charge in [0, 0.05) is 29.6 Å². The number of benzene rings is 4. The Labute approximate surface area is 281 Å². The second-order valence-corrected chi connectivity index (χ2v) is 12.4. The molecule has 0 saturated heterocycles. The minimum Gasteiger partial charge on any atom is -0.466 e. The van der Waals surface area contributed by atoms with Crippen LogP contribution in [-0.4, -0.2) is 36.7 Å². The number of halogens is 1. The molecule has 2 amide bonds. The molecule has 0 aliphatic rings. The minimum absolute atomic E-state index is 0.152. The van der Waals surface area contributed by atoms with Crippen molar-refractivity contribution >= 4 is 35.3 Å². The lowest BCUT2D eigenvalue weighted by Gasteiger charge is -2.26. The first-order valence-corrected chi connectivity index (χ1v) is 16.0. The number of rotatable bonds is 12. The molecule has 0 heterocycles. The molecule has 47 heavy (non-hydrogen) atoms. The number of carbonyl (C=O) groups is 3. The predicted octanol–water partition coefficient (Wildman–Crippen LogP) is 9.38. The van der Waals surface area contributed by atoms with Gasteiger partial charge in [0.1, 0.15) is 11.4 Å². The van der Waals surface area contributed by atoms with E-state index in [9.17, 15) is 14.4 Å². The molecular formula is C38H41ClN2O6. The van der Waals surface area contributed by atoms with Crippen molar-refractivity contribution in [2.75, 3.05) is 18.1 Å². The molecule has 4 aromatic rings. The summed E-state index contributed by atoms with van der Waals surface area (Å²) in [4.78, 5) is 40.2. The Kier molecular flexibility index (Phi) is 12.0. The molecule has 1 N–H and O–H groups in total. The third-order valence-corrected chi connectivity index (χ3v) is 7.32. The van der Waals surface area contributed by atoms with Gasteiger partial charge in [0.25, 0.3) is 5.91 Å². The van der Waals surface area contributed by atoms with E-state index < -0.39 is 11.7 Å². The topological polar surface area (TPSA) is 94.2 Å². The minimum atomic E-state index is -0.624. The first kappa shape index (κ1) is 35.0. The molecule has 4 rings (SSSR count). The molecule has 0 radical (unpaired) electrons. The second kappa shape index (κ2) is 16.1. The average Bonchev–Trinajstić information content (AvgIpc) is 3.03. The summed E-state index contributed by atoms with van der Waals surface area (Å²) in [7, 11) is 0. The maximum Gasteiger partial charge on any atom is 0.408 e. The number of hydrogen-bond acceptors (Lipinski definition) is 6. The van der Waals surface area contributed by atoms with Crippen molar-refractivity contribution in [3.63, 3.8) is 0 Å². The van der Waals surface area contributed by atoms with Crippen LogP contribution in [0.3, 0.4) is 0 Å². The predicted molar refractivity (Wildman–Crippen MR) is 185 cm³/mol. The van der Waals surface area contributed by atoms with E-state index in [0.717, 1.165) is 16.7 Å². The zero-order chi connectivity index (χ0) is 34.0. The van der Waals surface area contributed by atoms with Gasteiger partial charge in [-0.1, -0.05) is 66.2 Å². The Morgan fingerprint density at radius 2 is 1.57 bits per heavy atom. The summed E-state index contributed by atoms with van der Waals surface area (Å²) in [5.74, 6) is 0.248. The van der Waals surface area contributed by atoms with Gasteiger partial charge in [-0.25, -0.2) is 4.79 Å². The van der Waals surface area contributed by atoms with Gasteiger partial charge < -0.3 is 24.4 Å². The number of esters is 1. The fraction of sp³-hybridized carbons (Fsp3) is 0.289. The first-order chi connectivity index (χ1) is 22.4. The molecule has 9 heteroatoms. The van der Waals surface area contributed by atoms with Crippen molar-refractivity contribution in [2.45, 2.75) is 59.1 Å². The summed E-state index contributed by atoms with van der Waals surface area (Å²) in [6.07, 6.45) is -0.000918. The molecule has 0 saturated carbocycles. The Morgan fingerprint density at radius 3 is 2.26 bits per heavy atom. The molecule has 4 aromatic carbocycles. The van der Waals surface area contributed by atoms with Crippen molar-refractivity contribution in [1.29, 1.82) is 0 Å². The van der Waals surface area contributed by atoms with Crippen molar-refractivity contribution < 1.29 is 28.6 Å². The average molecular weight is 657 g/mol. The Morgan fingerprint density at radius 1 is 0.872 bits per heavy atom. The van der Waals surface area contributed by atoms with Crippen LogP contribution in [0.15, 0.2) is 97.1 Å². The summed E-state index contributed by atoms with van der Waals surface area (Å²) < 4.78 is 16.9. The summed E-state index contributed by atoms with van der Waals surface area (Å²) in [6.45, 7) is 9.54. The molecule has 8 nitrogen and oxygen atoms in total. The van der Waals surface area contributed by atoms with E-state index in [4.69, 9.17) is 25.8 Å². The zero-order valence-corrected chi connectivity index (χ0v) is 28.2. The number of amides is 2. The van der Waals surface area contributed by atoms with Gasteiger partial charge in [0.05, 0.1) is 18.3 Å².